The van der Waals surface area contributed by atoms with Gasteiger partial charge in [-0.05, 0) is 111 Å². The Kier molecular flexibility index (Phi) is 41.4. The third-order valence-corrected chi connectivity index (χ3v) is 22.0. The number of carbonyl (C=O) groups is 15. The molecule has 121 heavy (non-hydrogen) atoms. The molecule has 2 aliphatic rings. The summed E-state index contributed by atoms with van der Waals surface area (Å²) >= 11 is 0. The number of alkyl halides is 3. The molecule has 0 aromatic heterocycles. The van der Waals surface area contributed by atoms with E-state index in [-0.39, 0.29) is 68.7 Å². The SMILES string of the molecule is C/C=C1\NC(=O)[C@H](Cc2ccccc2)NC(=O)[C@@H](C(C)C)NC(=O)[C@@H]([C@H](C)CC)NC(=O)[C@H](NC(=O)[C@H](NC(=O)[C@H](CCCNC(=O)C[C@](OC)(c2ccccc2)C(F)(F)F)NC(=O)[C@H]2CCCN2C(=O)[C@H](NC(=O)[C@@H](NC(=O)[C@@H](NC(=O)[C@H](NC(=O)CCCC(C)C)C(C)C)[C@@H](C)O)C(C)C)C(C)C)[C@H](C)CC)[C@H](C)OC(=O)[C@H](C(C)C)NC1=O. The topological polar surface area (TPSA) is 454 Å². The first-order chi connectivity index (χ1) is 56.7. The number of aliphatic hydroxyl groups excluding tert-OH is 1. The van der Waals surface area contributed by atoms with E-state index in [9.17, 15) is 53.1 Å². The zero-order chi connectivity index (χ0) is 91.2. The quantitative estimate of drug-likeness (QED) is 0.0250. The number of amides is 14. The number of methoxy groups -OCH3 is 1. The fourth-order valence-corrected chi connectivity index (χ4v) is 14.0. The summed E-state index contributed by atoms with van der Waals surface area (Å²) in [6.45, 7) is 30.3. The van der Waals surface area contributed by atoms with Gasteiger partial charge in [-0.1, -0.05) is 197 Å². The average Bonchev–Trinajstić information content (AvgIpc) is 1.62. The highest BCUT2D eigenvalue weighted by molar-refractivity contribution is 6.03. The van der Waals surface area contributed by atoms with Crippen LogP contribution in [-0.4, -0.2) is 210 Å². The standard InChI is InChI=1S/C86H133F3N14O18/c1-21-51(16)68(80(115)102-71-54(19)121-84(119)67(50(14)15)98-72(107)57(23-3)91-74(109)59(43-55-34-26-24-27-35-55)93-76(111)64(47(8)9)95-79(114)69(52(17)22-2)100-82(71)117)99-73(108)58(38-31-41-90-62(106)44-85(120-20,86(87,88)89)56-36-28-25-29-37-56)92-75(110)60-39-32-42-103(60)83(118)66(49(12)13)97-78(113)65(48(10)11)96-81(116)70(53(18)104)101-77(112)63(46(6)7)94-61(105)40-30-33-45(4)5/h23-29,34-37,45-54,58-60,63-71,104H,21-22,30-33,38-44H2,1-20H3,(H,90,106)(H,91,109)(H,92,110)(H,93,111)(H,94,105)(H,95,114)(H,96,116)(H,97,113)(H,98,107)(H,99,108)(H,100,117)(H,101,112)(H,102,115)/b57-23-/t51-,52-,53-,54+,58+,59+,60-,63-,64-,65+,66-,67+,68-,69-,70+,71-,85+/m1/s1. The van der Waals surface area contributed by atoms with Crippen LogP contribution < -0.4 is 69.1 Å². The van der Waals surface area contributed by atoms with Gasteiger partial charge < -0.3 is 88.6 Å². The predicted octanol–water partition coefficient (Wildman–Crippen LogP) is 4.49. The molecule has 2 fully saturated rings. The summed E-state index contributed by atoms with van der Waals surface area (Å²) in [6.07, 6.45) is -6.98. The minimum Gasteiger partial charge on any atom is -0.458 e. The molecule has 14 N–H and O–H groups in total. The van der Waals surface area contributed by atoms with Gasteiger partial charge in [0.25, 0.3) is 5.91 Å². The number of carbonyl (C=O) groups excluding carboxylic acids is 15. The summed E-state index contributed by atoms with van der Waals surface area (Å²) < 4.78 is 56.1. The van der Waals surface area contributed by atoms with Crippen LogP contribution in [0.2, 0.25) is 0 Å². The molecule has 14 amide bonds. The molecule has 2 aromatic carbocycles. The van der Waals surface area contributed by atoms with E-state index in [1.807, 2.05) is 13.8 Å². The normalized spacial score (nSPS) is 21.8. The van der Waals surface area contributed by atoms with Crippen LogP contribution in [0.3, 0.4) is 0 Å². The molecule has 0 unspecified atom stereocenters. The lowest BCUT2D eigenvalue weighted by Gasteiger charge is -2.34. The van der Waals surface area contributed by atoms with Crippen molar-refractivity contribution in [3.8, 4) is 0 Å². The average molecular weight is 1710 g/mol. The number of nitrogens with one attached hydrogen (secondary N) is 13. The zero-order valence-electron chi connectivity index (χ0n) is 73.7. The maximum absolute atomic E-state index is 15.4. The predicted molar refractivity (Wildman–Crippen MR) is 445 cm³/mol. The first kappa shape index (κ1) is 103. The minimum absolute atomic E-state index is 0.00848. The number of halogens is 3. The van der Waals surface area contributed by atoms with Gasteiger partial charge in [-0.25, -0.2) is 4.79 Å². The van der Waals surface area contributed by atoms with Crippen molar-refractivity contribution in [2.45, 2.75) is 299 Å². The van der Waals surface area contributed by atoms with Gasteiger partial charge in [0.1, 0.15) is 84.3 Å². The molecule has 2 heterocycles. The smallest absolute Gasteiger partial charge is 0.422 e. The third kappa shape index (κ3) is 30.2. The monoisotopic (exact) mass is 1710 g/mol. The van der Waals surface area contributed by atoms with Gasteiger partial charge in [-0.3, -0.25) is 67.1 Å². The van der Waals surface area contributed by atoms with Crippen molar-refractivity contribution < 1.29 is 99.7 Å². The molecule has 0 saturated carbocycles. The van der Waals surface area contributed by atoms with Crippen molar-refractivity contribution in [1.29, 1.82) is 0 Å². The van der Waals surface area contributed by atoms with Crippen molar-refractivity contribution >= 4 is 88.7 Å². The van der Waals surface area contributed by atoms with Crippen molar-refractivity contribution in [3.05, 3.63) is 83.6 Å². The molecule has 0 aliphatic carbocycles. The molecule has 0 bridgehead atoms. The number of hydrogen-bond acceptors (Lipinski definition) is 18. The number of rotatable bonds is 38. The van der Waals surface area contributed by atoms with Gasteiger partial charge in [0.05, 0.1) is 12.5 Å². The molecule has 0 radical (unpaired) electrons. The van der Waals surface area contributed by atoms with Gasteiger partial charge in [0.15, 0.2) is 5.60 Å². The molecule has 17 atom stereocenters. The molecule has 35 heteroatoms. The number of cyclic esters (lactones) is 1. The number of aliphatic hydroxyl groups is 1. The molecule has 2 saturated heterocycles. The van der Waals surface area contributed by atoms with Crippen LogP contribution >= 0.6 is 0 Å². The van der Waals surface area contributed by atoms with Gasteiger partial charge in [0, 0.05) is 33.0 Å². The number of allylic oxidation sites excluding steroid dienone is 1. The molecule has 2 aliphatic heterocycles. The Bertz CT molecular complexity index is 3880. The second kappa shape index (κ2) is 48.5. The lowest BCUT2D eigenvalue weighted by molar-refractivity contribution is -0.277. The molecular formula is C86H133F3N14O18. The van der Waals surface area contributed by atoms with Crippen LogP contribution in [0.4, 0.5) is 13.2 Å². The number of ether oxygens (including phenoxy) is 2. The lowest BCUT2D eigenvalue weighted by Crippen LogP contribution is -2.64. The maximum Gasteiger partial charge on any atom is 0.422 e. The molecule has 4 rings (SSSR count). The Balaban J connectivity index is 1.78. The van der Waals surface area contributed by atoms with E-state index in [0.29, 0.717) is 17.9 Å². The van der Waals surface area contributed by atoms with Gasteiger partial charge in [-0.15, -0.1) is 0 Å². The number of nitrogens with zero attached hydrogens (tertiary/aromatic N) is 1. The summed E-state index contributed by atoms with van der Waals surface area (Å²) in [4.78, 5) is 219. The minimum atomic E-state index is -5.11. The van der Waals surface area contributed by atoms with E-state index in [2.05, 4.69) is 69.1 Å². The van der Waals surface area contributed by atoms with E-state index in [1.165, 1.54) is 49.9 Å². The second-order valence-electron chi connectivity index (χ2n) is 33.8. The largest absolute Gasteiger partial charge is 0.458 e. The first-order valence-electron chi connectivity index (χ1n) is 42.2. The summed E-state index contributed by atoms with van der Waals surface area (Å²) in [7, 11) is 0.808. The lowest BCUT2D eigenvalue weighted by atomic mass is 9.89. The van der Waals surface area contributed by atoms with Gasteiger partial charge in [0.2, 0.25) is 76.8 Å². The first-order valence-corrected chi connectivity index (χ1v) is 42.2. The Hall–Kier alpha value is -10.1. The summed E-state index contributed by atoms with van der Waals surface area (Å²) in [5.41, 5.74) is -3.19. The molecule has 676 valence electrons. The van der Waals surface area contributed by atoms with Crippen molar-refractivity contribution in [2.24, 2.45) is 47.3 Å². The highest BCUT2D eigenvalue weighted by Crippen LogP contribution is 2.44. The number of hydrogen-bond donors (Lipinski definition) is 14. The summed E-state index contributed by atoms with van der Waals surface area (Å²) in [5.74, 6) is -18.1. The highest BCUT2D eigenvalue weighted by Gasteiger charge is 2.58. The Labute approximate surface area is 709 Å². The second-order valence-corrected chi connectivity index (χ2v) is 33.8. The van der Waals surface area contributed by atoms with Crippen molar-refractivity contribution in [1.82, 2.24) is 74.0 Å². The van der Waals surface area contributed by atoms with E-state index in [4.69, 9.17) is 9.47 Å². The van der Waals surface area contributed by atoms with Gasteiger partial charge >= 0.3 is 12.1 Å². The van der Waals surface area contributed by atoms with Crippen LogP contribution in [0.15, 0.2) is 72.4 Å². The van der Waals surface area contributed by atoms with E-state index in [0.717, 1.165) is 25.7 Å². The number of benzene rings is 2. The summed E-state index contributed by atoms with van der Waals surface area (Å²) in [5, 5.41) is 45.2. The van der Waals surface area contributed by atoms with E-state index in [1.54, 1.807) is 127 Å². The molecular weight excluding hydrogens is 1570 g/mol. The molecule has 2 aromatic rings. The van der Waals surface area contributed by atoms with E-state index < -0.39 is 240 Å². The van der Waals surface area contributed by atoms with E-state index >= 15 is 37.1 Å². The fraction of sp³-hybridized carbons (Fsp3) is 0.663. The third-order valence-electron chi connectivity index (χ3n) is 22.0. The zero-order valence-corrected chi connectivity index (χ0v) is 73.7. The van der Waals surface area contributed by atoms with Crippen LogP contribution in [0.5, 0.6) is 0 Å². The Morgan fingerprint density at radius 1 is 0.603 bits per heavy atom. The maximum atomic E-state index is 15.4. The van der Waals surface area contributed by atoms with Crippen LogP contribution in [-0.2, 0) is 93.4 Å². The number of likely N-dealkylation sites (tertiary alicyclic amines) is 1. The van der Waals surface area contributed by atoms with Crippen molar-refractivity contribution in [2.75, 3.05) is 20.2 Å². The fourth-order valence-electron chi connectivity index (χ4n) is 14.0. The van der Waals surface area contributed by atoms with Crippen LogP contribution in [0, 0.1) is 47.3 Å². The molecule has 0 spiro atoms. The Morgan fingerprint density at radius 2 is 1.14 bits per heavy atom. The van der Waals surface area contributed by atoms with Gasteiger partial charge in [-0.2, -0.15) is 13.2 Å². The highest BCUT2D eigenvalue weighted by atomic mass is 19.4. The van der Waals surface area contributed by atoms with Crippen molar-refractivity contribution in [3.63, 3.8) is 0 Å². The number of esters is 1. The molecule has 32 nitrogen and oxygen atoms in total. The summed E-state index contributed by atoms with van der Waals surface area (Å²) in [6, 6.07) is -2.79. The van der Waals surface area contributed by atoms with Crippen LogP contribution in [0.1, 0.15) is 207 Å². The van der Waals surface area contributed by atoms with Crippen LogP contribution in [0.25, 0.3) is 0 Å². The Morgan fingerprint density at radius 3 is 1.67 bits per heavy atom.